The summed E-state index contributed by atoms with van der Waals surface area (Å²) in [5, 5.41) is 2.93. The van der Waals surface area contributed by atoms with Crippen LogP contribution in [0.4, 0.5) is 0 Å². The number of carbonyl (C=O) groups excluding carboxylic acids is 1. The zero-order chi connectivity index (χ0) is 17.2. The van der Waals surface area contributed by atoms with Crippen LogP contribution in [-0.4, -0.2) is 19.1 Å². The van der Waals surface area contributed by atoms with E-state index >= 15 is 0 Å². The molecule has 128 valence electrons. The first-order chi connectivity index (χ1) is 11.7. The van der Waals surface area contributed by atoms with Crippen LogP contribution in [0, 0.1) is 6.92 Å². The van der Waals surface area contributed by atoms with Gasteiger partial charge in [-0.15, -0.1) is 0 Å². The highest BCUT2D eigenvalue weighted by molar-refractivity contribution is 5.75. The summed E-state index contributed by atoms with van der Waals surface area (Å²) in [6.45, 7) is 5.64. The Morgan fingerprint density at radius 1 is 1.00 bits per heavy atom. The fourth-order valence-electron chi connectivity index (χ4n) is 2.25. The van der Waals surface area contributed by atoms with Crippen molar-refractivity contribution in [3.05, 3.63) is 59.7 Å². The minimum absolute atomic E-state index is 0.0391. The maximum Gasteiger partial charge on any atom is 0.220 e. The smallest absolute Gasteiger partial charge is 0.220 e. The van der Waals surface area contributed by atoms with Gasteiger partial charge in [0.05, 0.1) is 13.2 Å². The largest absolute Gasteiger partial charge is 0.490 e. The molecule has 2 aromatic carbocycles. The molecule has 0 spiro atoms. The molecule has 0 unspecified atom stereocenters. The van der Waals surface area contributed by atoms with Gasteiger partial charge in [0.15, 0.2) is 11.5 Å². The van der Waals surface area contributed by atoms with E-state index in [1.54, 1.807) is 0 Å². The Morgan fingerprint density at radius 2 is 1.67 bits per heavy atom. The molecule has 4 nitrogen and oxygen atoms in total. The molecule has 0 atom stereocenters. The Labute approximate surface area is 143 Å². The normalized spacial score (nSPS) is 10.2. The van der Waals surface area contributed by atoms with Crippen LogP contribution in [0.3, 0.4) is 0 Å². The lowest BCUT2D eigenvalue weighted by atomic mass is 10.1. The SMILES string of the molecule is CCOc1ccccc1OCCCC(=O)NCc1ccc(C)cc1. The third kappa shape index (κ3) is 5.95. The van der Waals surface area contributed by atoms with Crippen LogP contribution >= 0.6 is 0 Å². The zero-order valence-corrected chi connectivity index (χ0v) is 14.4. The Kier molecular flexibility index (Phi) is 7.15. The van der Waals surface area contributed by atoms with Gasteiger partial charge in [0.1, 0.15) is 0 Å². The topological polar surface area (TPSA) is 47.6 Å². The summed E-state index contributed by atoms with van der Waals surface area (Å²) in [5.41, 5.74) is 2.32. The molecule has 0 aliphatic rings. The summed E-state index contributed by atoms with van der Waals surface area (Å²) in [6, 6.07) is 15.7. The van der Waals surface area contributed by atoms with Gasteiger partial charge in [0.25, 0.3) is 0 Å². The molecule has 4 heteroatoms. The van der Waals surface area contributed by atoms with Gasteiger partial charge in [0, 0.05) is 13.0 Å². The molecule has 0 saturated carbocycles. The second-order valence-electron chi connectivity index (χ2n) is 5.59. The molecule has 0 saturated heterocycles. The second kappa shape index (κ2) is 9.60. The minimum atomic E-state index is 0.0391. The number of para-hydroxylation sites is 2. The molecule has 0 heterocycles. The van der Waals surface area contributed by atoms with E-state index in [1.165, 1.54) is 5.56 Å². The van der Waals surface area contributed by atoms with E-state index in [1.807, 2.05) is 62.4 Å². The number of benzene rings is 2. The second-order valence-corrected chi connectivity index (χ2v) is 5.59. The number of nitrogens with one attached hydrogen (secondary N) is 1. The van der Waals surface area contributed by atoms with Crippen molar-refractivity contribution >= 4 is 5.91 Å². The van der Waals surface area contributed by atoms with Crippen LogP contribution in [0.15, 0.2) is 48.5 Å². The monoisotopic (exact) mass is 327 g/mol. The van der Waals surface area contributed by atoms with Crippen LogP contribution in [-0.2, 0) is 11.3 Å². The zero-order valence-electron chi connectivity index (χ0n) is 14.4. The molecular formula is C20H25NO3. The quantitative estimate of drug-likeness (QED) is 0.711. The third-order valence-electron chi connectivity index (χ3n) is 3.57. The van der Waals surface area contributed by atoms with Gasteiger partial charge >= 0.3 is 0 Å². The first kappa shape index (κ1) is 17.9. The van der Waals surface area contributed by atoms with E-state index < -0.39 is 0 Å². The van der Waals surface area contributed by atoms with Crippen molar-refractivity contribution in [1.29, 1.82) is 0 Å². The van der Waals surface area contributed by atoms with Gasteiger partial charge in [-0.1, -0.05) is 42.0 Å². The van der Waals surface area contributed by atoms with Crippen molar-refractivity contribution < 1.29 is 14.3 Å². The van der Waals surface area contributed by atoms with Crippen molar-refractivity contribution in [2.75, 3.05) is 13.2 Å². The number of hydrogen-bond acceptors (Lipinski definition) is 3. The molecule has 0 fully saturated rings. The summed E-state index contributed by atoms with van der Waals surface area (Å²) >= 11 is 0. The molecular weight excluding hydrogens is 302 g/mol. The number of rotatable bonds is 9. The molecule has 0 aromatic heterocycles. The summed E-state index contributed by atoms with van der Waals surface area (Å²) in [7, 11) is 0. The number of amides is 1. The average molecular weight is 327 g/mol. The lowest BCUT2D eigenvalue weighted by Crippen LogP contribution is -2.22. The molecule has 0 aliphatic carbocycles. The lowest BCUT2D eigenvalue weighted by Gasteiger charge is -2.11. The first-order valence-corrected chi connectivity index (χ1v) is 8.36. The van der Waals surface area contributed by atoms with Crippen molar-refractivity contribution in [3.8, 4) is 11.5 Å². The Hall–Kier alpha value is -2.49. The molecule has 0 bridgehead atoms. The predicted molar refractivity (Wildman–Crippen MR) is 95.4 cm³/mol. The third-order valence-corrected chi connectivity index (χ3v) is 3.57. The van der Waals surface area contributed by atoms with Gasteiger partial charge in [0.2, 0.25) is 5.91 Å². The Bertz CT molecular complexity index is 638. The molecule has 1 N–H and O–H groups in total. The van der Waals surface area contributed by atoms with Gasteiger partial charge in [-0.3, -0.25) is 4.79 Å². The number of aryl methyl sites for hydroxylation is 1. The van der Waals surface area contributed by atoms with Crippen LogP contribution in [0.25, 0.3) is 0 Å². The molecule has 2 rings (SSSR count). The summed E-state index contributed by atoms with van der Waals surface area (Å²) in [6.07, 6.45) is 1.11. The van der Waals surface area contributed by atoms with Gasteiger partial charge in [-0.25, -0.2) is 0 Å². The fraction of sp³-hybridized carbons (Fsp3) is 0.350. The first-order valence-electron chi connectivity index (χ1n) is 8.36. The van der Waals surface area contributed by atoms with Gasteiger partial charge in [-0.05, 0) is 38.0 Å². The highest BCUT2D eigenvalue weighted by atomic mass is 16.5. The molecule has 0 aliphatic heterocycles. The standard InChI is InChI=1S/C20H25NO3/c1-3-23-18-7-4-5-8-19(18)24-14-6-9-20(22)21-15-17-12-10-16(2)11-13-17/h4-5,7-8,10-13H,3,6,9,14-15H2,1-2H3,(H,21,22). The van der Waals surface area contributed by atoms with Gasteiger partial charge < -0.3 is 14.8 Å². The summed E-state index contributed by atoms with van der Waals surface area (Å²) < 4.78 is 11.2. The highest BCUT2D eigenvalue weighted by Crippen LogP contribution is 2.26. The van der Waals surface area contributed by atoms with Crippen LogP contribution in [0.1, 0.15) is 30.9 Å². The predicted octanol–water partition coefficient (Wildman–Crippen LogP) is 3.87. The van der Waals surface area contributed by atoms with Crippen LogP contribution < -0.4 is 14.8 Å². The number of hydrogen-bond donors (Lipinski definition) is 1. The Balaban J connectivity index is 1.67. The van der Waals surface area contributed by atoms with Crippen molar-refractivity contribution in [2.45, 2.75) is 33.2 Å². The van der Waals surface area contributed by atoms with Crippen molar-refractivity contribution in [1.82, 2.24) is 5.32 Å². The van der Waals surface area contributed by atoms with Gasteiger partial charge in [-0.2, -0.15) is 0 Å². The average Bonchev–Trinajstić information content (AvgIpc) is 2.60. The molecule has 2 aromatic rings. The molecule has 0 radical (unpaired) electrons. The van der Waals surface area contributed by atoms with Crippen LogP contribution in [0.2, 0.25) is 0 Å². The van der Waals surface area contributed by atoms with E-state index in [9.17, 15) is 4.79 Å². The van der Waals surface area contributed by atoms with E-state index in [4.69, 9.17) is 9.47 Å². The fourth-order valence-corrected chi connectivity index (χ4v) is 2.25. The highest BCUT2D eigenvalue weighted by Gasteiger charge is 2.05. The maximum atomic E-state index is 11.9. The number of ether oxygens (including phenoxy) is 2. The van der Waals surface area contributed by atoms with Crippen molar-refractivity contribution in [2.24, 2.45) is 0 Å². The van der Waals surface area contributed by atoms with Crippen molar-refractivity contribution in [3.63, 3.8) is 0 Å². The summed E-state index contributed by atoms with van der Waals surface area (Å²) in [4.78, 5) is 11.9. The van der Waals surface area contributed by atoms with E-state index in [0.29, 0.717) is 32.6 Å². The van der Waals surface area contributed by atoms with E-state index in [0.717, 1.165) is 17.1 Å². The lowest BCUT2D eigenvalue weighted by molar-refractivity contribution is -0.121. The number of carbonyl (C=O) groups is 1. The summed E-state index contributed by atoms with van der Waals surface area (Å²) in [5.74, 6) is 1.50. The molecule has 24 heavy (non-hydrogen) atoms. The Morgan fingerprint density at radius 3 is 2.33 bits per heavy atom. The maximum absolute atomic E-state index is 11.9. The minimum Gasteiger partial charge on any atom is -0.490 e. The van der Waals surface area contributed by atoms with Crippen LogP contribution in [0.5, 0.6) is 11.5 Å². The van der Waals surface area contributed by atoms with E-state index in [-0.39, 0.29) is 5.91 Å². The van der Waals surface area contributed by atoms with E-state index in [2.05, 4.69) is 5.32 Å². The molecule has 1 amide bonds.